The van der Waals surface area contributed by atoms with Crippen LogP contribution in [0.25, 0.3) is 11.3 Å². The van der Waals surface area contributed by atoms with Crippen LogP contribution in [-0.2, 0) is 6.18 Å². The molecule has 3 aromatic rings. The minimum absolute atomic E-state index is 0.00420. The highest BCUT2D eigenvalue weighted by Gasteiger charge is 2.31. The molecule has 2 N–H and O–H groups in total. The Morgan fingerprint density at radius 2 is 1.65 bits per heavy atom. The van der Waals surface area contributed by atoms with Crippen molar-refractivity contribution in [2.45, 2.75) is 11.1 Å². The molecule has 0 aliphatic heterocycles. The molecule has 0 saturated carbocycles. The molecule has 0 radical (unpaired) electrons. The van der Waals surface area contributed by atoms with Crippen molar-refractivity contribution in [1.29, 1.82) is 0 Å². The highest BCUT2D eigenvalue weighted by Crippen LogP contribution is 2.33. The van der Waals surface area contributed by atoms with Crippen molar-refractivity contribution in [2.24, 2.45) is 0 Å². The van der Waals surface area contributed by atoms with Crippen molar-refractivity contribution in [1.82, 2.24) is 4.98 Å². The molecule has 0 fully saturated rings. The van der Waals surface area contributed by atoms with Crippen molar-refractivity contribution in [3.8, 4) is 11.3 Å². The number of hydrogen-bond acceptors (Lipinski definition) is 2. The van der Waals surface area contributed by atoms with Crippen LogP contribution in [0.2, 0.25) is 0 Å². The number of halogens is 5. The summed E-state index contributed by atoms with van der Waals surface area (Å²) in [7, 11) is 0.500. The number of rotatable bonds is 4. The molecule has 1 heterocycles. The van der Waals surface area contributed by atoms with Gasteiger partial charge in [0.2, 0.25) is 0 Å². The standard InChI is InChI=1S/C17H12F4N2S.CH3F/c18-14-8-12(17(19,20)21)6-7-15(14)23-24-13-9-16(22-10-13)11-4-2-1-3-5-11;1-2/h1-10,22-23H;1H3. The first-order chi connectivity index (χ1) is 12.4. The molecular formula is C18H15F5N2S. The number of benzene rings is 2. The van der Waals surface area contributed by atoms with E-state index in [-0.39, 0.29) is 5.69 Å². The summed E-state index contributed by atoms with van der Waals surface area (Å²) < 4.78 is 63.6. The summed E-state index contributed by atoms with van der Waals surface area (Å²) in [6.45, 7) is 0. The molecule has 0 aliphatic carbocycles. The third-order valence-electron chi connectivity index (χ3n) is 3.32. The summed E-state index contributed by atoms with van der Waals surface area (Å²) in [4.78, 5) is 3.88. The third-order valence-corrected chi connectivity index (χ3v) is 4.11. The molecule has 138 valence electrons. The van der Waals surface area contributed by atoms with E-state index < -0.39 is 17.6 Å². The first-order valence-electron chi connectivity index (χ1n) is 7.35. The summed E-state index contributed by atoms with van der Waals surface area (Å²) in [5.74, 6) is -0.948. The molecule has 3 rings (SSSR count). The van der Waals surface area contributed by atoms with Crippen LogP contribution in [0.1, 0.15) is 5.56 Å². The lowest BCUT2D eigenvalue weighted by molar-refractivity contribution is -0.137. The number of nitrogens with one attached hydrogen (secondary N) is 2. The largest absolute Gasteiger partial charge is 0.416 e. The molecule has 0 spiro atoms. The van der Waals surface area contributed by atoms with Crippen LogP contribution < -0.4 is 4.72 Å². The Morgan fingerprint density at radius 1 is 0.962 bits per heavy atom. The van der Waals surface area contributed by atoms with Gasteiger partial charge in [-0.05, 0) is 41.8 Å². The van der Waals surface area contributed by atoms with Gasteiger partial charge in [-0.2, -0.15) is 13.2 Å². The Labute approximate surface area is 151 Å². The van der Waals surface area contributed by atoms with E-state index in [9.17, 15) is 22.0 Å². The molecule has 0 amide bonds. The number of anilines is 1. The normalized spacial score (nSPS) is 10.8. The number of hydrogen-bond donors (Lipinski definition) is 2. The molecule has 2 nitrogen and oxygen atoms in total. The number of alkyl halides is 4. The molecule has 0 aliphatic rings. The molecule has 0 atom stereocenters. The highest BCUT2D eigenvalue weighted by molar-refractivity contribution is 8.00. The lowest BCUT2D eigenvalue weighted by Crippen LogP contribution is -2.05. The quantitative estimate of drug-likeness (QED) is 0.393. The van der Waals surface area contributed by atoms with Crippen LogP contribution in [0.5, 0.6) is 0 Å². The van der Waals surface area contributed by atoms with Crippen molar-refractivity contribution >= 4 is 17.6 Å². The van der Waals surface area contributed by atoms with E-state index in [2.05, 4.69) is 9.71 Å². The molecule has 2 aromatic carbocycles. The van der Waals surface area contributed by atoms with E-state index in [4.69, 9.17) is 0 Å². The second-order valence-electron chi connectivity index (χ2n) is 5.01. The Morgan fingerprint density at radius 3 is 2.27 bits per heavy atom. The zero-order chi connectivity index (χ0) is 19.2. The maximum atomic E-state index is 13.8. The van der Waals surface area contributed by atoms with Crippen LogP contribution in [0.15, 0.2) is 65.7 Å². The van der Waals surface area contributed by atoms with Gasteiger partial charge < -0.3 is 9.71 Å². The minimum atomic E-state index is -4.56. The lowest BCUT2D eigenvalue weighted by atomic mass is 10.2. The van der Waals surface area contributed by atoms with E-state index in [1.165, 1.54) is 0 Å². The first-order valence-corrected chi connectivity index (χ1v) is 8.16. The van der Waals surface area contributed by atoms with Gasteiger partial charge in [0.1, 0.15) is 5.82 Å². The molecule has 26 heavy (non-hydrogen) atoms. The van der Waals surface area contributed by atoms with E-state index in [0.717, 1.165) is 40.2 Å². The van der Waals surface area contributed by atoms with Gasteiger partial charge >= 0.3 is 6.18 Å². The average molecular weight is 386 g/mol. The maximum Gasteiger partial charge on any atom is 0.416 e. The van der Waals surface area contributed by atoms with Crippen LogP contribution in [-0.4, -0.2) is 12.2 Å². The predicted molar refractivity (Wildman–Crippen MR) is 94.1 cm³/mol. The second-order valence-corrected chi connectivity index (χ2v) is 5.89. The van der Waals surface area contributed by atoms with Crippen molar-refractivity contribution in [2.75, 3.05) is 11.9 Å². The Balaban J connectivity index is 0.00000117. The van der Waals surface area contributed by atoms with Gasteiger partial charge in [0.05, 0.1) is 18.4 Å². The summed E-state index contributed by atoms with van der Waals surface area (Å²) in [6.07, 6.45) is -2.82. The van der Waals surface area contributed by atoms with Gasteiger partial charge in [0.25, 0.3) is 0 Å². The van der Waals surface area contributed by atoms with Gasteiger partial charge in [0.15, 0.2) is 0 Å². The van der Waals surface area contributed by atoms with Crippen molar-refractivity contribution in [3.63, 3.8) is 0 Å². The number of H-pyrrole nitrogens is 1. The highest BCUT2D eigenvalue weighted by atomic mass is 32.2. The lowest BCUT2D eigenvalue weighted by Gasteiger charge is -2.09. The zero-order valence-corrected chi connectivity index (χ0v) is 14.4. The van der Waals surface area contributed by atoms with Crippen LogP contribution in [0.3, 0.4) is 0 Å². The third kappa shape index (κ3) is 5.01. The fourth-order valence-electron chi connectivity index (χ4n) is 2.11. The predicted octanol–water partition coefficient (Wildman–Crippen LogP) is 6.54. The molecule has 0 bridgehead atoms. The van der Waals surface area contributed by atoms with Gasteiger partial charge in [-0.15, -0.1) is 0 Å². The second kappa shape index (κ2) is 8.75. The molecule has 1 aromatic heterocycles. The molecular weight excluding hydrogens is 371 g/mol. The number of aromatic nitrogens is 1. The first kappa shape index (κ1) is 19.8. The smallest absolute Gasteiger partial charge is 0.360 e. The Hall–Kier alpha value is -2.48. The SMILES string of the molecule is CF.Fc1cc(C(F)(F)F)ccc1NSc1c[nH]c(-c2ccccc2)c1. The number of aromatic amines is 1. The van der Waals surface area contributed by atoms with E-state index in [0.29, 0.717) is 13.2 Å². The maximum absolute atomic E-state index is 13.8. The summed E-state index contributed by atoms with van der Waals surface area (Å²) >= 11 is 1.11. The molecule has 8 heteroatoms. The topological polar surface area (TPSA) is 27.8 Å². The van der Waals surface area contributed by atoms with Crippen LogP contribution >= 0.6 is 11.9 Å². The molecule has 0 unspecified atom stereocenters. The summed E-state index contributed by atoms with van der Waals surface area (Å²) in [5, 5.41) is 0. The summed E-state index contributed by atoms with van der Waals surface area (Å²) in [6, 6.07) is 13.9. The minimum Gasteiger partial charge on any atom is -0.360 e. The fourth-order valence-corrected chi connectivity index (χ4v) is 2.79. The van der Waals surface area contributed by atoms with E-state index in [1.807, 2.05) is 36.4 Å². The average Bonchev–Trinajstić information content (AvgIpc) is 3.11. The van der Waals surface area contributed by atoms with E-state index in [1.54, 1.807) is 6.20 Å². The molecule has 0 saturated heterocycles. The van der Waals surface area contributed by atoms with Gasteiger partial charge in [-0.25, -0.2) is 4.39 Å². The Bertz CT molecular complexity index is 831. The van der Waals surface area contributed by atoms with Gasteiger partial charge in [-0.3, -0.25) is 4.39 Å². The van der Waals surface area contributed by atoms with Gasteiger partial charge in [-0.1, -0.05) is 30.3 Å². The van der Waals surface area contributed by atoms with Gasteiger partial charge in [0, 0.05) is 16.8 Å². The zero-order valence-electron chi connectivity index (χ0n) is 13.6. The van der Waals surface area contributed by atoms with Crippen LogP contribution in [0, 0.1) is 5.82 Å². The van der Waals surface area contributed by atoms with Crippen molar-refractivity contribution in [3.05, 3.63) is 72.2 Å². The Kier molecular flexibility index (Phi) is 6.68. The monoisotopic (exact) mass is 386 g/mol. The van der Waals surface area contributed by atoms with Crippen LogP contribution in [0.4, 0.5) is 27.6 Å². The van der Waals surface area contributed by atoms with Crippen molar-refractivity contribution < 1.29 is 22.0 Å². The van der Waals surface area contributed by atoms with E-state index >= 15 is 0 Å². The fraction of sp³-hybridized carbons (Fsp3) is 0.111. The summed E-state index contributed by atoms with van der Waals surface area (Å²) in [5.41, 5.74) is 0.886.